The number of hydrogen-bond donors (Lipinski definition) is 2. The Morgan fingerprint density at radius 3 is 2.57 bits per heavy atom. The molecule has 2 heterocycles. The van der Waals surface area contributed by atoms with Crippen molar-refractivity contribution < 1.29 is 0 Å². The second-order valence-electron chi connectivity index (χ2n) is 5.37. The van der Waals surface area contributed by atoms with Gasteiger partial charge in [-0.05, 0) is 24.7 Å². The predicted octanol–water partition coefficient (Wildman–Crippen LogP) is 1.06. The van der Waals surface area contributed by atoms with Gasteiger partial charge in [-0.2, -0.15) is 4.98 Å². The monoisotopic (exact) mass is 284 g/mol. The van der Waals surface area contributed by atoms with Gasteiger partial charge in [-0.15, -0.1) is 0 Å². The summed E-state index contributed by atoms with van der Waals surface area (Å²) in [6.07, 6.45) is 1.68. The molecule has 0 amide bonds. The first-order chi connectivity index (χ1) is 10.1. The van der Waals surface area contributed by atoms with Crippen molar-refractivity contribution in [1.29, 1.82) is 0 Å². The number of benzene rings is 1. The third kappa shape index (κ3) is 2.90. The highest BCUT2D eigenvalue weighted by molar-refractivity contribution is 5.76. The van der Waals surface area contributed by atoms with Crippen LogP contribution in [-0.4, -0.2) is 48.1 Å². The van der Waals surface area contributed by atoms with Crippen molar-refractivity contribution in [2.45, 2.75) is 0 Å². The first kappa shape index (κ1) is 13.6. The van der Waals surface area contributed by atoms with E-state index >= 15 is 0 Å². The lowest BCUT2D eigenvalue weighted by Crippen LogP contribution is -2.44. The van der Waals surface area contributed by atoms with Gasteiger partial charge in [-0.3, -0.25) is 0 Å². The van der Waals surface area contributed by atoms with Gasteiger partial charge in [0.15, 0.2) is 0 Å². The lowest BCUT2D eigenvalue weighted by Gasteiger charge is -2.34. The highest BCUT2D eigenvalue weighted by atomic mass is 15.2. The molecule has 6 nitrogen and oxygen atoms in total. The minimum Gasteiger partial charge on any atom is -0.383 e. The molecule has 0 aliphatic carbocycles. The molecule has 3 rings (SSSR count). The Morgan fingerprint density at radius 2 is 1.86 bits per heavy atom. The number of anilines is 3. The average Bonchev–Trinajstić information content (AvgIpc) is 2.48. The van der Waals surface area contributed by atoms with Gasteiger partial charge < -0.3 is 21.3 Å². The van der Waals surface area contributed by atoms with Crippen LogP contribution in [0.4, 0.5) is 17.5 Å². The van der Waals surface area contributed by atoms with Gasteiger partial charge in [0.25, 0.3) is 0 Å². The summed E-state index contributed by atoms with van der Waals surface area (Å²) >= 11 is 0. The standard InChI is InChI=1S/C15H20N6/c1-20-5-7-21(8-6-20)12-4-2-3-11(9-12)13-10-18-15(17)19-14(13)16/h2-4,9-10H,5-8H2,1H3,(H4,16,17,18,19). The molecule has 21 heavy (non-hydrogen) atoms. The number of nitrogens with zero attached hydrogens (tertiary/aromatic N) is 4. The third-order valence-corrected chi connectivity index (χ3v) is 3.86. The number of nitrogens with two attached hydrogens (primary N) is 2. The van der Waals surface area contributed by atoms with E-state index in [0.717, 1.165) is 37.3 Å². The molecule has 0 saturated carbocycles. The van der Waals surface area contributed by atoms with E-state index in [-0.39, 0.29) is 5.95 Å². The van der Waals surface area contributed by atoms with E-state index < -0.39 is 0 Å². The fraction of sp³-hybridized carbons (Fsp3) is 0.333. The maximum atomic E-state index is 5.95. The molecule has 4 N–H and O–H groups in total. The van der Waals surface area contributed by atoms with Crippen molar-refractivity contribution >= 4 is 17.5 Å². The molecule has 6 heteroatoms. The molecule has 2 aromatic rings. The van der Waals surface area contributed by atoms with Crippen LogP contribution in [0.25, 0.3) is 11.1 Å². The largest absolute Gasteiger partial charge is 0.383 e. The molecule has 1 aliphatic rings. The fourth-order valence-corrected chi connectivity index (χ4v) is 2.57. The van der Waals surface area contributed by atoms with Crippen LogP contribution in [0.15, 0.2) is 30.5 Å². The summed E-state index contributed by atoms with van der Waals surface area (Å²) < 4.78 is 0. The maximum Gasteiger partial charge on any atom is 0.221 e. The van der Waals surface area contributed by atoms with Gasteiger partial charge in [-0.25, -0.2) is 4.98 Å². The second-order valence-corrected chi connectivity index (χ2v) is 5.37. The van der Waals surface area contributed by atoms with E-state index in [1.54, 1.807) is 6.20 Å². The second kappa shape index (κ2) is 5.57. The van der Waals surface area contributed by atoms with Crippen molar-refractivity contribution in [3.05, 3.63) is 30.5 Å². The zero-order valence-corrected chi connectivity index (χ0v) is 12.2. The van der Waals surface area contributed by atoms with Crippen molar-refractivity contribution in [1.82, 2.24) is 14.9 Å². The zero-order chi connectivity index (χ0) is 14.8. The summed E-state index contributed by atoms with van der Waals surface area (Å²) in [6.45, 7) is 4.23. The van der Waals surface area contributed by atoms with Crippen LogP contribution in [-0.2, 0) is 0 Å². The molecule has 0 bridgehead atoms. The highest BCUT2D eigenvalue weighted by Crippen LogP contribution is 2.28. The summed E-state index contributed by atoms with van der Waals surface area (Å²) in [5.41, 5.74) is 14.5. The Kier molecular flexibility index (Phi) is 3.62. The molecule has 0 radical (unpaired) electrons. The van der Waals surface area contributed by atoms with Gasteiger partial charge in [0.1, 0.15) is 5.82 Å². The summed E-state index contributed by atoms with van der Waals surface area (Å²) in [5, 5.41) is 0. The summed E-state index contributed by atoms with van der Waals surface area (Å²) in [6, 6.07) is 8.32. The average molecular weight is 284 g/mol. The SMILES string of the molecule is CN1CCN(c2cccc(-c3cnc(N)nc3N)c2)CC1. The lowest BCUT2D eigenvalue weighted by molar-refractivity contribution is 0.313. The van der Waals surface area contributed by atoms with E-state index in [1.807, 2.05) is 12.1 Å². The Morgan fingerprint density at radius 1 is 1.10 bits per heavy atom. The Labute approximate surface area is 124 Å². The zero-order valence-electron chi connectivity index (χ0n) is 12.2. The van der Waals surface area contributed by atoms with Crippen LogP contribution in [0.1, 0.15) is 0 Å². The number of rotatable bonds is 2. The van der Waals surface area contributed by atoms with Crippen LogP contribution in [0.5, 0.6) is 0 Å². The molecule has 1 saturated heterocycles. The van der Waals surface area contributed by atoms with Crippen molar-refractivity contribution in [3.63, 3.8) is 0 Å². The number of nitrogen functional groups attached to an aromatic ring is 2. The van der Waals surface area contributed by atoms with Crippen LogP contribution in [0.3, 0.4) is 0 Å². The van der Waals surface area contributed by atoms with E-state index in [0.29, 0.717) is 5.82 Å². The van der Waals surface area contributed by atoms with Crippen molar-refractivity contribution in [2.24, 2.45) is 0 Å². The topological polar surface area (TPSA) is 84.3 Å². The summed E-state index contributed by atoms with van der Waals surface area (Å²) in [5.74, 6) is 0.615. The highest BCUT2D eigenvalue weighted by Gasteiger charge is 2.15. The van der Waals surface area contributed by atoms with E-state index in [2.05, 4.69) is 38.9 Å². The minimum absolute atomic E-state index is 0.200. The lowest BCUT2D eigenvalue weighted by atomic mass is 10.1. The smallest absolute Gasteiger partial charge is 0.221 e. The van der Waals surface area contributed by atoms with Gasteiger partial charge in [-0.1, -0.05) is 12.1 Å². The maximum absolute atomic E-state index is 5.95. The van der Waals surface area contributed by atoms with Crippen LogP contribution >= 0.6 is 0 Å². The fourth-order valence-electron chi connectivity index (χ4n) is 2.57. The summed E-state index contributed by atoms with van der Waals surface area (Å²) in [4.78, 5) is 12.8. The normalized spacial score (nSPS) is 16.1. The molecule has 1 aromatic carbocycles. The first-order valence-corrected chi connectivity index (χ1v) is 7.05. The molecule has 110 valence electrons. The Bertz CT molecular complexity index is 634. The molecule has 1 aliphatic heterocycles. The van der Waals surface area contributed by atoms with Crippen LogP contribution < -0.4 is 16.4 Å². The van der Waals surface area contributed by atoms with Crippen LogP contribution in [0.2, 0.25) is 0 Å². The third-order valence-electron chi connectivity index (χ3n) is 3.86. The van der Waals surface area contributed by atoms with Gasteiger partial charge in [0, 0.05) is 43.6 Å². The van der Waals surface area contributed by atoms with E-state index in [1.165, 1.54) is 5.69 Å². The Balaban J connectivity index is 1.89. The minimum atomic E-state index is 0.200. The van der Waals surface area contributed by atoms with Crippen LogP contribution in [0, 0.1) is 0 Å². The Hall–Kier alpha value is -2.34. The van der Waals surface area contributed by atoms with Crippen molar-refractivity contribution in [3.8, 4) is 11.1 Å². The van der Waals surface area contributed by atoms with Gasteiger partial charge in [0.05, 0.1) is 0 Å². The molecule has 0 atom stereocenters. The van der Waals surface area contributed by atoms with Crippen molar-refractivity contribution in [2.75, 3.05) is 49.6 Å². The molecular formula is C15H20N6. The molecule has 0 spiro atoms. The predicted molar refractivity (Wildman–Crippen MR) is 86.0 cm³/mol. The van der Waals surface area contributed by atoms with E-state index in [9.17, 15) is 0 Å². The number of hydrogen-bond acceptors (Lipinski definition) is 6. The van der Waals surface area contributed by atoms with Gasteiger partial charge in [0.2, 0.25) is 5.95 Å². The molecule has 1 fully saturated rings. The number of piperazine rings is 1. The number of likely N-dealkylation sites (N-methyl/N-ethyl adjacent to an activating group) is 1. The molecule has 0 unspecified atom stereocenters. The molecular weight excluding hydrogens is 264 g/mol. The number of aromatic nitrogens is 2. The van der Waals surface area contributed by atoms with E-state index in [4.69, 9.17) is 11.5 Å². The molecule has 1 aromatic heterocycles. The van der Waals surface area contributed by atoms with Gasteiger partial charge >= 0.3 is 0 Å². The first-order valence-electron chi connectivity index (χ1n) is 7.05. The summed E-state index contributed by atoms with van der Waals surface area (Å²) in [7, 11) is 2.15. The quantitative estimate of drug-likeness (QED) is 0.858.